The fourth-order valence-electron chi connectivity index (χ4n) is 2.36. The minimum absolute atomic E-state index is 0.572. The van der Waals surface area contributed by atoms with Crippen LogP contribution in [0.1, 0.15) is 16.9 Å². The molecule has 2 aromatic heterocycles. The largest absolute Gasteiger partial charge is 0.480 e. The predicted molar refractivity (Wildman–Crippen MR) is 99.1 cm³/mol. The summed E-state index contributed by atoms with van der Waals surface area (Å²) in [6, 6.07) is 3.28. The number of anilines is 3. The minimum Gasteiger partial charge on any atom is -0.480 e. The molecule has 0 amide bonds. The summed E-state index contributed by atoms with van der Waals surface area (Å²) in [5.41, 5.74) is 8.11. The van der Waals surface area contributed by atoms with Gasteiger partial charge in [-0.3, -0.25) is 0 Å². The molecule has 1 atom stereocenters. The molecule has 0 fully saturated rings. The molecule has 0 saturated heterocycles. The van der Waals surface area contributed by atoms with Crippen molar-refractivity contribution in [2.45, 2.75) is 26.3 Å². The average Bonchev–Trinajstić information content (AvgIpc) is 3.06. The molecule has 0 radical (unpaired) electrons. The number of rotatable bonds is 7. The van der Waals surface area contributed by atoms with Crippen LogP contribution in [0.3, 0.4) is 0 Å². The predicted octanol–water partition coefficient (Wildman–Crippen LogP) is 4.35. The number of nitrogens with zero attached hydrogens (tertiary/aromatic N) is 1. The maximum Gasteiger partial charge on any atom is 0.326 e. The Balaban J connectivity index is 2.53. The van der Waals surface area contributed by atoms with Crippen LogP contribution in [0.25, 0.3) is 0 Å². The Hall–Kier alpha value is -1.18. The summed E-state index contributed by atoms with van der Waals surface area (Å²) in [7, 11) is 0. The summed E-state index contributed by atoms with van der Waals surface area (Å²) in [5, 5.41) is 13.3. The van der Waals surface area contributed by atoms with E-state index in [1.807, 2.05) is 42.5 Å². The lowest BCUT2D eigenvalue weighted by Gasteiger charge is -2.30. The number of hydrogen-bond donors (Lipinski definition) is 2. The normalized spacial score (nSPS) is 12.3. The molecule has 2 aromatic rings. The lowest BCUT2D eigenvalue weighted by molar-refractivity contribution is -0.138. The summed E-state index contributed by atoms with van der Waals surface area (Å²) in [6.07, 6.45) is 2.56. The molecule has 2 rings (SSSR count). The number of carbonyl (C=O) groups is 1. The molecule has 22 heavy (non-hydrogen) atoms. The number of hydrogen-bond acceptors (Lipinski definition) is 6. The SMILES string of the molecule is CSCC[C@@H](C(=O)O)N(c1cccs1)c1c(N)sc(C)c1C. The zero-order chi connectivity index (χ0) is 16.3. The average molecular weight is 357 g/mol. The van der Waals surface area contributed by atoms with E-state index in [0.29, 0.717) is 11.4 Å². The minimum atomic E-state index is -0.815. The van der Waals surface area contributed by atoms with Crippen LogP contribution in [0, 0.1) is 13.8 Å². The van der Waals surface area contributed by atoms with E-state index in [9.17, 15) is 9.90 Å². The summed E-state index contributed by atoms with van der Waals surface area (Å²) in [4.78, 5) is 14.9. The molecule has 0 spiro atoms. The molecule has 7 heteroatoms. The van der Waals surface area contributed by atoms with Crippen LogP contribution in [0.4, 0.5) is 15.7 Å². The van der Waals surface area contributed by atoms with E-state index in [4.69, 9.17) is 5.73 Å². The Bertz CT molecular complexity index is 638. The zero-order valence-electron chi connectivity index (χ0n) is 12.8. The number of carboxylic acids is 1. The monoisotopic (exact) mass is 356 g/mol. The number of nitrogen functional groups attached to an aromatic ring is 1. The summed E-state index contributed by atoms with van der Waals surface area (Å²) in [5.74, 6) is -0.0221. The van der Waals surface area contributed by atoms with Crippen molar-refractivity contribution in [1.29, 1.82) is 0 Å². The molecule has 0 aliphatic rings. The van der Waals surface area contributed by atoms with Crippen molar-refractivity contribution in [3.63, 3.8) is 0 Å². The lowest BCUT2D eigenvalue weighted by atomic mass is 10.1. The molecule has 3 N–H and O–H groups in total. The van der Waals surface area contributed by atoms with Crippen molar-refractivity contribution in [3.8, 4) is 0 Å². The third-order valence-corrected chi connectivity index (χ3v) is 6.09. The van der Waals surface area contributed by atoms with Gasteiger partial charge in [-0.15, -0.1) is 22.7 Å². The van der Waals surface area contributed by atoms with Crippen molar-refractivity contribution in [2.75, 3.05) is 22.6 Å². The molecule has 0 saturated carbocycles. The smallest absolute Gasteiger partial charge is 0.326 e. The van der Waals surface area contributed by atoms with Crippen LogP contribution in [0.5, 0.6) is 0 Å². The fraction of sp³-hybridized carbons (Fsp3) is 0.400. The highest BCUT2D eigenvalue weighted by Crippen LogP contribution is 2.44. The molecule has 0 aromatic carbocycles. The highest BCUT2D eigenvalue weighted by Gasteiger charge is 2.31. The number of carboxylic acid groups (broad SMARTS) is 1. The standard InChI is InChI=1S/C15H20N2O2S3/c1-9-10(2)22-14(16)13(9)17(12-5-4-7-21-12)11(15(18)19)6-8-20-3/h4-5,7,11H,6,8,16H2,1-3H3,(H,18,19)/t11-/m0/s1. The zero-order valence-corrected chi connectivity index (χ0v) is 15.3. The fourth-order valence-corrected chi connectivity index (χ4v) is 4.53. The van der Waals surface area contributed by atoms with Gasteiger partial charge in [-0.2, -0.15) is 11.8 Å². The van der Waals surface area contributed by atoms with Crippen LogP contribution in [0.2, 0.25) is 0 Å². The van der Waals surface area contributed by atoms with Crippen LogP contribution in [0.15, 0.2) is 17.5 Å². The second-order valence-electron chi connectivity index (χ2n) is 4.95. The third kappa shape index (κ3) is 3.42. The van der Waals surface area contributed by atoms with Gasteiger partial charge in [-0.05, 0) is 55.4 Å². The van der Waals surface area contributed by atoms with Crippen molar-refractivity contribution in [1.82, 2.24) is 0 Å². The van der Waals surface area contributed by atoms with Crippen molar-refractivity contribution in [3.05, 3.63) is 28.0 Å². The molecule has 120 valence electrons. The second-order valence-corrected chi connectivity index (χ2v) is 8.12. The Morgan fingerprint density at radius 1 is 1.50 bits per heavy atom. The van der Waals surface area contributed by atoms with Crippen molar-refractivity contribution in [2.24, 2.45) is 0 Å². The topological polar surface area (TPSA) is 66.6 Å². The quantitative estimate of drug-likeness (QED) is 0.772. The van der Waals surface area contributed by atoms with Crippen molar-refractivity contribution < 1.29 is 9.90 Å². The lowest BCUT2D eigenvalue weighted by Crippen LogP contribution is -2.38. The van der Waals surface area contributed by atoms with Crippen LogP contribution < -0.4 is 10.6 Å². The van der Waals surface area contributed by atoms with Crippen molar-refractivity contribution >= 4 is 56.1 Å². The van der Waals surface area contributed by atoms with Gasteiger partial charge in [0.25, 0.3) is 0 Å². The number of aryl methyl sites for hydroxylation is 1. The van der Waals surface area contributed by atoms with E-state index in [-0.39, 0.29) is 0 Å². The van der Waals surface area contributed by atoms with E-state index in [1.54, 1.807) is 11.8 Å². The summed E-state index contributed by atoms with van der Waals surface area (Å²) in [6.45, 7) is 4.02. The van der Waals surface area contributed by atoms with E-state index < -0.39 is 12.0 Å². The highest BCUT2D eigenvalue weighted by atomic mass is 32.2. The first-order chi connectivity index (χ1) is 10.5. The number of nitrogens with two attached hydrogens (primary N) is 1. The molecule has 0 aliphatic heterocycles. The van der Waals surface area contributed by atoms with Gasteiger partial charge >= 0.3 is 5.97 Å². The van der Waals surface area contributed by atoms with Gasteiger partial charge in [0, 0.05) is 4.88 Å². The number of thioether (sulfide) groups is 1. The van der Waals surface area contributed by atoms with Gasteiger partial charge in [0.15, 0.2) is 0 Å². The maximum absolute atomic E-state index is 11.9. The molecule has 0 aliphatic carbocycles. The van der Waals surface area contributed by atoms with Crippen LogP contribution in [-0.4, -0.2) is 29.1 Å². The molecule has 0 unspecified atom stereocenters. The van der Waals surface area contributed by atoms with Crippen LogP contribution in [-0.2, 0) is 4.79 Å². The summed E-state index contributed by atoms with van der Waals surface area (Å²) >= 11 is 4.71. The van der Waals surface area contributed by atoms with Gasteiger partial charge in [-0.1, -0.05) is 0 Å². The Morgan fingerprint density at radius 3 is 2.68 bits per heavy atom. The first kappa shape index (κ1) is 17.2. The number of thiophene rings is 2. The molecular formula is C15H20N2O2S3. The Labute approximate surface area is 143 Å². The molecule has 4 nitrogen and oxygen atoms in total. The first-order valence-electron chi connectivity index (χ1n) is 6.87. The highest BCUT2D eigenvalue weighted by molar-refractivity contribution is 7.98. The Kier molecular flexibility index (Phi) is 5.77. The van der Waals surface area contributed by atoms with Gasteiger partial charge in [-0.25, -0.2) is 4.79 Å². The van der Waals surface area contributed by atoms with Gasteiger partial charge in [0.1, 0.15) is 11.0 Å². The van der Waals surface area contributed by atoms with Gasteiger partial charge < -0.3 is 15.7 Å². The van der Waals surface area contributed by atoms with E-state index in [0.717, 1.165) is 26.9 Å². The molecule has 0 bridgehead atoms. The first-order valence-corrected chi connectivity index (χ1v) is 9.96. The van der Waals surface area contributed by atoms with Crippen LogP contribution >= 0.6 is 34.4 Å². The second kappa shape index (κ2) is 7.39. The van der Waals surface area contributed by atoms with E-state index >= 15 is 0 Å². The van der Waals surface area contributed by atoms with E-state index in [1.165, 1.54) is 22.7 Å². The van der Waals surface area contributed by atoms with E-state index in [2.05, 4.69) is 0 Å². The van der Waals surface area contributed by atoms with Gasteiger partial charge in [0.05, 0.1) is 10.7 Å². The summed E-state index contributed by atoms with van der Waals surface area (Å²) < 4.78 is 0. The molecule has 2 heterocycles. The maximum atomic E-state index is 11.9. The molecular weight excluding hydrogens is 336 g/mol. The van der Waals surface area contributed by atoms with Gasteiger partial charge in [0.2, 0.25) is 0 Å². The Morgan fingerprint density at radius 2 is 2.23 bits per heavy atom. The number of aliphatic carboxylic acids is 1. The third-order valence-electron chi connectivity index (χ3n) is 3.56.